The molecule has 0 aliphatic heterocycles. The molecule has 6 nitrogen and oxygen atoms in total. The Hall–Kier alpha value is -3.41. The number of hydrogen-bond acceptors (Lipinski definition) is 5. The van der Waals surface area contributed by atoms with Gasteiger partial charge in [0.05, 0.1) is 16.8 Å². The molecule has 1 heterocycles. The van der Waals surface area contributed by atoms with Crippen molar-refractivity contribution in [2.45, 2.75) is 0 Å². The van der Waals surface area contributed by atoms with E-state index in [0.29, 0.717) is 11.1 Å². The zero-order valence-electron chi connectivity index (χ0n) is 13.4. The summed E-state index contributed by atoms with van der Waals surface area (Å²) in [6.07, 6.45) is 3.49. The summed E-state index contributed by atoms with van der Waals surface area (Å²) < 4.78 is 11.9. The van der Waals surface area contributed by atoms with Crippen LogP contribution in [0.2, 0.25) is 0 Å². The number of ether oxygens (including phenoxy) is 2. The SMILES string of the molecule is O=C(OCCOC(=O)c1ccc(-n2cccn2)cc1)c1ccccc1. The lowest BCUT2D eigenvalue weighted by molar-refractivity contribution is 0.0265. The Morgan fingerprint density at radius 2 is 1.40 bits per heavy atom. The van der Waals surface area contributed by atoms with Crippen molar-refractivity contribution >= 4 is 11.9 Å². The molecule has 0 fully saturated rings. The van der Waals surface area contributed by atoms with Gasteiger partial charge in [-0.3, -0.25) is 0 Å². The highest BCUT2D eigenvalue weighted by molar-refractivity contribution is 5.90. The molecule has 1 aromatic heterocycles. The normalized spacial score (nSPS) is 10.2. The second kappa shape index (κ2) is 7.92. The standard InChI is InChI=1S/C19H16N2O4/c22-18(15-5-2-1-3-6-15)24-13-14-25-19(23)16-7-9-17(10-8-16)21-12-4-11-20-21/h1-12H,13-14H2. The molecule has 2 aromatic carbocycles. The lowest BCUT2D eigenvalue weighted by atomic mass is 10.2. The molecule has 0 N–H and O–H groups in total. The van der Waals surface area contributed by atoms with Gasteiger partial charge < -0.3 is 9.47 Å². The maximum atomic E-state index is 12.0. The van der Waals surface area contributed by atoms with Crippen LogP contribution in [-0.2, 0) is 9.47 Å². The highest BCUT2D eigenvalue weighted by atomic mass is 16.6. The van der Waals surface area contributed by atoms with Gasteiger partial charge in [-0.2, -0.15) is 5.10 Å². The van der Waals surface area contributed by atoms with Crippen molar-refractivity contribution < 1.29 is 19.1 Å². The fourth-order valence-corrected chi connectivity index (χ4v) is 2.18. The Bertz CT molecular complexity index is 828. The first-order valence-corrected chi connectivity index (χ1v) is 7.73. The van der Waals surface area contributed by atoms with Crippen molar-refractivity contribution in [1.82, 2.24) is 9.78 Å². The first kappa shape index (κ1) is 16.4. The molecule has 0 spiro atoms. The van der Waals surface area contributed by atoms with Crippen LogP contribution in [0.25, 0.3) is 5.69 Å². The first-order chi connectivity index (χ1) is 12.2. The van der Waals surface area contributed by atoms with Crippen molar-refractivity contribution in [3.63, 3.8) is 0 Å². The number of carbonyl (C=O) groups excluding carboxylic acids is 2. The molecule has 126 valence electrons. The van der Waals surface area contributed by atoms with Crippen LogP contribution < -0.4 is 0 Å². The van der Waals surface area contributed by atoms with Crippen molar-refractivity contribution in [3.8, 4) is 5.69 Å². The maximum Gasteiger partial charge on any atom is 0.338 e. The minimum absolute atomic E-state index is 0.00167. The van der Waals surface area contributed by atoms with Crippen LogP contribution in [0.3, 0.4) is 0 Å². The Kier molecular flexibility index (Phi) is 5.21. The lowest BCUT2D eigenvalue weighted by Crippen LogP contribution is -2.14. The van der Waals surface area contributed by atoms with E-state index in [0.717, 1.165) is 5.69 Å². The maximum absolute atomic E-state index is 12.0. The number of carbonyl (C=O) groups is 2. The minimum atomic E-state index is -0.470. The number of rotatable bonds is 6. The Morgan fingerprint density at radius 3 is 1.96 bits per heavy atom. The summed E-state index contributed by atoms with van der Waals surface area (Å²) in [6.45, 7) is 0.00313. The second-order valence-electron chi connectivity index (χ2n) is 5.14. The quantitative estimate of drug-likeness (QED) is 0.511. The largest absolute Gasteiger partial charge is 0.458 e. The molecular weight excluding hydrogens is 320 g/mol. The highest BCUT2D eigenvalue weighted by Crippen LogP contribution is 2.09. The van der Waals surface area contributed by atoms with Crippen LogP contribution in [0.1, 0.15) is 20.7 Å². The van der Waals surface area contributed by atoms with Gasteiger partial charge in [-0.25, -0.2) is 14.3 Å². The van der Waals surface area contributed by atoms with Crippen LogP contribution >= 0.6 is 0 Å². The Balaban J connectivity index is 1.46. The van der Waals surface area contributed by atoms with E-state index < -0.39 is 11.9 Å². The average molecular weight is 336 g/mol. The molecule has 0 aliphatic rings. The smallest absolute Gasteiger partial charge is 0.338 e. The Morgan fingerprint density at radius 1 is 0.800 bits per heavy atom. The molecule has 6 heteroatoms. The van der Waals surface area contributed by atoms with Crippen LogP contribution in [0.4, 0.5) is 0 Å². The van der Waals surface area contributed by atoms with E-state index in [1.165, 1.54) is 0 Å². The van der Waals surface area contributed by atoms with E-state index in [-0.39, 0.29) is 13.2 Å². The summed E-state index contributed by atoms with van der Waals surface area (Å²) in [4.78, 5) is 23.7. The zero-order valence-corrected chi connectivity index (χ0v) is 13.4. The third-order valence-electron chi connectivity index (χ3n) is 3.43. The van der Waals surface area contributed by atoms with Gasteiger partial charge in [0.15, 0.2) is 0 Å². The van der Waals surface area contributed by atoms with E-state index in [9.17, 15) is 9.59 Å². The summed E-state index contributed by atoms with van der Waals surface area (Å²) in [7, 11) is 0. The summed E-state index contributed by atoms with van der Waals surface area (Å²) in [5, 5.41) is 4.12. The second-order valence-corrected chi connectivity index (χ2v) is 5.14. The van der Waals surface area contributed by atoms with Gasteiger partial charge in [0, 0.05) is 12.4 Å². The van der Waals surface area contributed by atoms with E-state index in [1.807, 2.05) is 18.3 Å². The van der Waals surface area contributed by atoms with Crippen molar-refractivity contribution in [3.05, 3.63) is 84.2 Å². The number of hydrogen-bond donors (Lipinski definition) is 0. The van der Waals surface area contributed by atoms with Crippen LogP contribution in [0.15, 0.2) is 73.1 Å². The van der Waals surface area contributed by atoms with Crippen LogP contribution in [0.5, 0.6) is 0 Å². The predicted octanol–water partition coefficient (Wildman–Crippen LogP) is 2.89. The summed E-state index contributed by atoms with van der Waals surface area (Å²) >= 11 is 0. The molecule has 0 amide bonds. The van der Waals surface area contributed by atoms with Crippen LogP contribution in [-0.4, -0.2) is 34.9 Å². The first-order valence-electron chi connectivity index (χ1n) is 7.73. The lowest BCUT2D eigenvalue weighted by Gasteiger charge is -2.07. The van der Waals surface area contributed by atoms with E-state index in [2.05, 4.69) is 5.10 Å². The van der Waals surface area contributed by atoms with Gasteiger partial charge in [-0.1, -0.05) is 18.2 Å². The van der Waals surface area contributed by atoms with Gasteiger partial charge in [0.1, 0.15) is 13.2 Å². The fraction of sp³-hybridized carbons (Fsp3) is 0.105. The van der Waals surface area contributed by atoms with Crippen molar-refractivity contribution in [1.29, 1.82) is 0 Å². The monoisotopic (exact) mass is 336 g/mol. The van der Waals surface area contributed by atoms with E-state index in [4.69, 9.17) is 9.47 Å². The van der Waals surface area contributed by atoms with Crippen molar-refractivity contribution in [2.75, 3.05) is 13.2 Å². The molecular formula is C19H16N2O4. The van der Waals surface area contributed by atoms with Gasteiger partial charge in [-0.05, 0) is 42.5 Å². The van der Waals surface area contributed by atoms with Gasteiger partial charge >= 0.3 is 11.9 Å². The number of benzene rings is 2. The summed E-state index contributed by atoms with van der Waals surface area (Å²) in [5.41, 5.74) is 1.73. The van der Waals surface area contributed by atoms with E-state index in [1.54, 1.807) is 59.4 Å². The number of aromatic nitrogens is 2. The molecule has 0 saturated carbocycles. The predicted molar refractivity (Wildman–Crippen MR) is 90.6 cm³/mol. The molecule has 3 rings (SSSR count). The summed E-state index contributed by atoms with van der Waals surface area (Å²) in [5.74, 6) is -0.914. The van der Waals surface area contributed by atoms with Gasteiger partial charge in [0.25, 0.3) is 0 Å². The molecule has 0 bridgehead atoms. The highest BCUT2D eigenvalue weighted by Gasteiger charge is 2.09. The average Bonchev–Trinajstić information content (AvgIpc) is 3.20. The summed E-state index contributed by atoms with van der Waals surface area (Å²) in [6, 6.07) is 17.3. The molecule has 0 saturated heterocycles. The molecule has 0 radical (unpaired) electrons. The van der Waals surface area contributed by atoms with Crippen LogP contribution in [0, 0.1) is 0 Å². The zero-order chi connectivity index (χ0) is 17.5. The molecule has 0 aliphatic carbocycles. The molecule has 3 aromatic rings. The minimum Gasteiger partial charge on any atom is -0.458 e. The molecule has 0 atom stereocenters. The topological polar surface area (TPSA) is 70.4 Å². The number of nitrogens with zero attached hydrogens (tertiary/aromatic N) is 2. The third kappa shape index (κ3) is 4.32. The Labute approximate surface area is 144 Å². The van der Waals surface area contributed by atoms with Crippen molar-refractivity contribution in [2.24, 2.45) is 0 Å². The molecule has 0 unspecified atom stereocenters. The third-order valence-corrected chi connectivity index (χ3v) is 3.43. The fourth-order valence-electron chi connectivity index (χ4n) is 2.18. The molecule has 25 heavy (non-hydrogen) atoms. The van der Waals surface area contributed by atoms with E-state index >= 15 is 0 Å². The van der Waals surface area contributed by atoms with Gasteiger partial charge in [-0.15, -0.1) is 0 Å². The number of esters is 2. The van der Waals surface area contributed by atoms with Gasteiger partial charge in [0.2, 0.25) is 0 Å².